The van der Waals surface area contributed by atoms with E-state index in [4.69, 9.17) is 23.2 Å². The summed E-state index contributed by atoms with van der Waals surface area (Å²) in [5, 5.41) is 9.34. The molecule has 21 heavy (non-hydrogen) atoms. The van der Waals surface area contributed by atoms with Gasteiger partial charge in [0.05, 0.1) is 23.0 Å². The Bertz CT molecular complexity index is 608. The smallest absolute Gasteiger partial charge is 0.0837 e. The Morgan fingerprint density at radius 2 is 2.05 bits per heavy atom. The molecule has 3 nitrogen and oxygen atoms in total. The van der Waals surface area contributed by atoms with Gasteiger partial charge in [0, 0.05) is 11.6 Å². The normalized spacial score (nSPS) is 12.6. The third-order valence-corrected chi connectivity index (χ3v) is 4.08. The van der Waals surface area contributed by atoms with Gasteiger partial charge in [0.25, 0.3) is 0 Å². The van der Waals surface area contributed by atoms with Crippen molar-refractivity contribution in [2.24, 2.45) is 0 Å². The number of hydrogen-bond acceptors (Lipinski definition) is 2. The van der Waals surface area contributed by atoms with Gasteiger partial charge >= 0.3 is 0 Å². The highest BCUT2D eigenvalue weighted by Gasteiger charge is 2.22. The van der Waals surface area contributed by atoms with Crippen LogP contribution >= 0.6 is 23.2 Å². The molecule has 1 unspecified atom stereocenters. The molecule has 0 aliphatic heterocycles. The summed E-state index contributed by atoms with van der Waals surface area (Å²) in [5.41, 5.74) is 3.33. The summed E-state index contributed by atoms with van der Waals surface area (Å²) >= 11 is 12.6. The van der Waals surface area contributed by atoms with E-state index in [2.05, 4.69) is 31.2 Å². The van der Waals surface area contributed by atoms with Crippen LogP contribution in [0.15, 0.2) is 24.4 Å². The van der Waals surface area contributed by atoms with Crippen molar-refractivity contribution in [1.82, 2.24) is 15.1 Å². The molecule has 0 radical (unpaired) electrons. The molecule has 1 heterocycles. The van der Waals surface area contributed by atoms with Crippen LogP contribution in [0.5, 0.6) is 0 Å². The summed E-state index contributed by atoms with van der Waals surface area (Å²) in [6, 6.07) is 5.96. The van der Waals surface area contributed by atoms with Gasteiger partial charge in [-0.15, -0.1) is 0 Å². The largest absolute Gasteiger partial charge is 0.305 e. The zero-order valence-corrected chi connectivity index (χ0v) is 14.2. The molecule has 1 N–H and O–H groups in total. The minimum atomic E-state index is -0.00130. The molecule has 0 saturated heterocycles. The van der Waals surface area contributed by atoms with Crippen molar-refractivity contribution in [3.8, 4) is 0 Å². The van der Waals surface area contributed by atoms with Gasteiger partial charge < -0.3 is 5.32 Å². The second-order valence-electron chi connectivity index (χ2n) is 5.08. The Hall–Kier alpha value is -1.03. The third-order valence-electron chi connectivity index (χ3n) is 3.56. The average molecular weight is 326 g/mol. The van der Waals surface area contributed by atoms with E-state index >= 15 is 0 Å². The summed E-state index contributed by atoms with van der Waals surface area (Å²) in [5.74, 6) is 0. The SMILES string of the molecule is CCCNC(c1cc(Cl)ccc1C)c1c(Cl)cnn1CC. The molecule has 2 rings (SSSR count). The molecule has 0 aliphatic rings. The van der Waals surface area contributed by atoms with E-state index in [0.29, 0.717) is 5.02 Å². The maximum Gasteiger partial charge on any atom is 0.0837 e. The fourth-order valence-electron chi connectivity index (χ4n) is 2.48. The highest BCUT2D eigenvalue weighted by atomic mass is 35.5. The Labute approximate surface area is 136 Å². The van der Waals surface area contributed by atoms with Crippen LogP contribution in [0, 0.1) is 6.92 Å². The predicted octanol–water partition coefficient (Wildman–Crippen LogP) is 4.61. The van der Waals surface area contributed by atoms with E-state index in [1.165, 1.54) is 5.56 Å². The van der Waals surface area contributed by atoms with Crippen LogP contribution in [0.25, 0.3) is 0 Å². The lowest BCUT2D eigenvalue weighted by molar-refractivity contribution is 0.528. The molecule has 1 aromatic carbocycles. The van der Waals surface area contributed by atoms with Crippen LogP contribution < -0.4 is 5.32 Å². The van der Waals surface area contributed by atoms with Crippen molar-refractivity contribution in [2.45, 2.75) is 39.8 Å². The summed E-state index contributed by atoms with van der Waals surface area (Å²) in [7, 11) is 0. The van der Waals surface area contributed by atoms with Crippen molar-refractivity contribution in [2.75, 3.05) is 6.54 Å². The van der Waals surface area contributed by atoms with E-state index in [9.17, 15) is 0 Å². The van der Waals surface area contributed by atoms with E-state index in [1.54, 1.807) is 6.20 Å². The minimum absolute atomic E-state index is 0.00130. The number of aryl methyl sites for hydroxylation is 2. The van der Waals surface area contributed by atoms with Crippen LogP contribution in [0.2, 0.25) is 10.0 Å². The molecule has 0 aliphatic carbocycles. The maximum atomic E-state index is 6.38. The fraction of sp³-hybridized carbons (Fsp3) is 0.438. The molecule has 114 valence electrons. The van der Waals surface area contributed by atoms with Crippen LogP contribution in [-0.4, -0.2) is 16.3 Å². The minimum Gasteiger partial charge on any atom is -0.305 e. The first kappa shape index (κ1) is 16.3. The van der Waals surface area contributed by atoms with E-state index < -0.39 is 0 Å². The van der Waals surface area contributed by atoms with Gasteiger partial charge in [0.15, 0.2) is 0 Å². The number of aromatic nitrogens is 2. The topological polar surface area (TPSA) is 29.9 Å². The Balaban J connectivity index is 2.52. The Morgan fingerprint density at radius 3 is 2.71 bits per heavy atom. The van der Waals surface area contributed by atoms with Gasteiger partial charge in [-0.25, -0.2) is 0 Å². The van der Waals surface area contributed by atoms with Gasteiger partial charge in [0.2, 0.25) is 0 Å². The predicted molar refractivity (Wildman–Crippen MR) is 89.2 cm³/mol. The standard InChI is InChI=1S/C16H21Cl2N3/c1-4-8-19-15(13-9-12(17)7-6-11(13)3)16-14(18)10-20-21(16)5-2/h6-7,9-10,15,19H,4-5,8H2,1-3H3. The molecule has 0 saturated carbocycles. The van der Waals surface area contributed by atoms with E-state index in [0.717, 1.165) is 35.8 Å². The van der Waals surface area contributed by atoms with Crippen LogP contribution in [0.1, 0.15) is 43.1 Å². The highest BCUT2D eigenvalue weighted by molar-refractivity contribution is 6.31. The average Bonchev–Trinajstić information content (AvgIpc) is 2.84. The quantitative estimate of drug-likeness (QED) is 0.840. The molecular formula is C16H21Cl2N3. The molecule has 1 aromatic heterocycles. The van der Waals surface area contributed by atoms with Gasteiger partial charge in [-0.3, -0.25) is 4.68 Å². The highest BCUT2D eigenvalue weighted by Crippen LogP contribution is 2.31. The summed E-state index contributed by atoms with van der Waals surface area (Å²) < 4.78 is 1.94. The molecule has 1 atom stereocenters. The van der Waals surface area contributed by atoms with Gasteiger partial charge in [-0.05, 0) is 50.1 Å². The number of hydrogen-bond donors (Lipinski definition) is 1. The van der Waals surface area contributed by atoms with Crippen LogP contribution in [0.3, 0.4) is 0 Å². The maximum absolute atomic E-state index is 6.38. The van der Waals surface area contributed by atoms with Crippen molar-refractivity contribution in [1.29, 1.82) is 0 Å². The number of benzene rings is 1. The zero-order valence-electron chi connectivity index (χ0n) is 12.7. The first-order chi connectivity index (χ1) is 10.1. The summed E-state index contributed by atoms with van der Waals surface area (Å²) in [6.07, 6.45) is 2.76. The fourth-order valence-corrected chi connectivity index (χ4v) is 2.91. The Kier molecular flexibility index (Phi) is 5.68. The number of halogens is 2. The van der Waals surface area contributed by atoms with E-state index in [-0.39, 0.29) is 6.04 Å². The first-order valence-corrected chi connectivity index (χ1v) is 8.04. The molecule has 2 aromatic rings. The number of nitrogens with zero attached hydrogens (tertiary/aromatic N) is 2. The van der Waals surface area contributed by atoms with Crippen LogP contribution in [-0.2, 0) is 6.54 Å². The second kappa shape index (κ2) is 7.30. The summed E-state index contributed by atoms with van der Waals surface area (Å²) in [6.45, 7) is 7.99. The Morgan fingerprint density at radius 1 is 1.29 bits per heavy atom. The van der Waals surface area contributed by atoms with Crippen molar-refractivity contribution >= 4 is 23.2 Å². The van der Waals surface area contributed by atoms with Gasteiger partial charge in [0.1, 0.15) is 0 Å². The van der Waals surface area contributed by atoms with Crippen molar-refractivity contribution < 1.29 is 0 Å². The molecule has 0 bridgehead atoms. The zero-order chi connectivity index (χ0) is 15.4. The van der Waals surface area contributed by atoms with Gasteiger partial charge in [-0.2, -0.15) is 5.10 Å². The lowest BCUT2D eigenvalue weighted by Gasteiger charge is -2.22. The molecule has 0 fully saturated rings. The van der Waals surface area contributed by atoms with Crippen LogP contribution in [0.4, 0.5) is 0 Å². The van der Waals surface area contributed by atoms with E-state index in [1.807, 2.05) is 22.9 Å². The van der Waals surface area contributed by atoms with Gasteiger partial charge in [-0.1, -0.05) is 36.2 Å². The number of nitrogens with one attached hydrogen (secondary N) is 1. The first-order valence-electron chi connectivity index (χ1n) is 7.29. The van der Waals surface area contributed by atoms with Crippen molar-refractivity contribution in [3.05, 3.63) is 51.3 Å². The summed E-state index contributed by atoms with van der Waals surface area (Å²) in [4.78, 5) is 0. The lowest BCUT2D eigenvalue weighted by atomic mass is 9.98. The monoisotopic (exact) mass is 325 g/mol. The molecule has 0 amide bonds. The molecule has 0 spiro atoms. The lowest BCUT2D eigenvalue weighted by Crippen LogP contribution is -2.26. The van der Waals surface area contributed by atoms with Crippen molar-refractivity contribution in [3.63, 3.8) is 0 Å². The molecule has 5 heteroatoms. The second-order valence-corrected chi connectivity index (χ2v) is 5.93. The number of rotatable bonds is 6. The third kappa shape index (κ3) is 3.60. The molecular weight excluding hydrogens is 305 g/mol.